The van der Waals surface area contributed by atoms with Gasteiger partial charge in [0.25, 0.3) is 0 Å². The van der Waals surface area contributed by atoms with Gasteiger partial charge in [-0.05, 0) is 49.1 Å². The summed E-state index contributed by atoms with van der Waals surface area (Å²) in [5, 5.41) is 9.76. The van der Waals surface area contributed by atoms with Crippen molar-refractivity contribution in [2.24, 2.45) is 11.3 Å². The Morgan fingerprint density at radius 3 is 2.87 bits per heavy atom. The lowest BCUT2D eigenvalue weighted by Crippen LogP contribution is -2.43. The molecule has 0 aromatic carbocycles. The van der Waals surface area contributed by atoms with Crippen LogP contribution in [0.3, 0.4) is 0 Å². The minimum Gasteiger partial charge on any atom is -0.304 e. The number of amides is 1. The summed E-state index contributed by atoms with van der Waals surface area (Å²) >= 11 is 1.82. The van der Waals surface area contributed by atoms with Crippen molar-refractivity contribution in [3.63, 3.8) is 0 Å². The highest BCUT2D eigenvalue weighted by Gasteiger charge is 2.35. The molecule has 2 rings (SSSR count). The Bertz CT molecular complexity index is 538. The molecule has 0 aliphatic carbocycles. The van der Waals surface area contributed by atoms with Crippen LogP contribution >= 0.6 is 11.3 Å². The average molecular weight is 336 g/mol. The molecule has 0 spiro atoms. The predicted octanol–water partition coefficient (Wildman–Crippen LogP) is 3.83. The lowest BCUT2D eigenvalue weighted by Gasteiger charge is -2.41. The summed E-state index contributed by atoms with van der Waals surface area (Å²) < 4.78 is 0. The van der Waals surface area contributed by atoms with E-state index in [0.717, 1.165) is 19.6 Å². The molecule has 1 unspecified atom stereocenters. The zero-order chi connectivity index (χ0) is 17.0. The molecular formula is C18H29N3OS. The van der Waals surface area contributed by atoms with Crippen LogP contribution in [0.5, 0.6) is 0 Å². The maximum Gasteiger partial charge on any atom is 0.228 e. The maximum atomic E-state index is 12.4. The topological polar surface area (TPSA) is 47.4 Å². The fraction of sp³-hybridized carbons (Fsp3) is 0.667. The van der Waals surface area contributed by atoms with Crippen LogP contribution in [0.2, 0.25) is 0 Å². The van der Waals surface area contributed by atoms with E-state index in [-0.39, 0.29) is 11.3 Å². The zero-order valence-electron chi connectivity index (χ0n) is 14.8. The van der Waals surface area contributed by atoms with Gasteiger partial charge in [0.15, 0.2) is 0 Å². The highest BCUT2D eigenvalue weighted by molar-refractivity contribution is 7.09. The zero-order valence-corrected chi connectivity index (χ0v) is 15.6. The first-order valence-electron chi connectivity index (χ1n) is 8.36. The van der Waals surface area contributed by atoms with E-state index < -0.39 is 0 Å². The number of amidine groups is 1. The number of rotatable bonds is 5. The Morgan fingerprint density at radius 2 is 2.26 bits per heavy atom. The number of likely N-dealkylation sites (tertiary alicyclic amines) is 1. The Morgan fingerprint density at radius 1 is 1.52 bits per heavy atom. The molecule has 2 heterocycles. The lowest BCUT2D eigenvalue weighted by atomic mass is 9.72. The molecule has 1 amide bonds. The summed E-state index contributed by atoms with van der Waals surface area (Å²) in [4.78, 5) is 17.8. The minimum atomic E-state index is -0.0328. The molecule has 23 heavy (non-hydrogen) atoms. The monoisotopic (exact) mass is 335 g/mol. The van der Waals surface area contributed by atoms with Crippen LogP contribution in [-0.2, 0) is 11.3 Å². The van der Waals surface area contributed by atoms with Crippen molar-refractivity contribution < 1.29 is 4.79 Å². The summed E-state index contributed by atoms with van der Waals surface area (Å²) in [6.07, 6.45) is 2.90. The molecule has 1 N–H and O–H groups in total. The quantitative estimate of drug-likeness (QED) is 0.656. The smallest absolute Gasteiger partial charge is 0.228 e. The fourth-order valence-electron chi connectivity index (χ4n) is 3.30. The molecule has 4 nitrogen and oxygen atoms in total. The van der Waals surface area contributed by atoms with Crippen molar-refractivity contribution in [3.8, 4) is 0 Å². The number of hydrogen-bond donors (Lipinski definition) is 1. The third-order valence-corrected chi connectivity index (χ3v) is 5.92. The molecule has 1 aliphatic heterocycles. The molecule has 128 valence electrons. The first kappa shape index (κ1) is 18.1. The van der Waals surface area contributed by atoms with Crippen molar-refractivity contribution in [2.45, 2.75) is 46.6 Å². The Balaban J connectivity index is 1.95. The van der Waals surface area contributed by atoms with Crippen molar-refractivity contribution in [1.29, 1.82) is 5.41 Å². The number of nitrogens with zero attached hydrogens (tertiary/aromatic N) is 2. The van der Waals surface area contributed by atoms with Crippen molar-refractivity contribution in [3.05, 3.63) is 22.4 Å². The number of piperidine rings is 1. The van der Waals surface area contributed by atoms with Gasteiger partial charge in [0, 0.05) is 31.4 Å². The second-order valence-corrected chi connectivity index (χ2v) is 8.39. The first-order valence-corrected chi connectivity index (χ1v) is 9.24. The van der Waals surface area contributed by atoms with Gasteiger partial charge >= 0.3 is 0 Å². The van der Waals surface area contributed by atoms with E-state index in [1.165, 1.54) is 22.6 Å². The lowest BCUT2D eigenvalue weighted by molar-refractivity contribution is -0.129. The highest BCUT2D eigenvalue weighted by atomic mass is 32.1. The van der Waals surface area contributed by atoms with E-state index in [9.17, 15) is 4.79 Å². The van der Waals surface area contributed by atoms with Crippen LogP contribution in [0.1, 0.15) is 44.9 Å². The van der Waals surface area contributed by atoms with E-state index in [1.54, 1.807) is 14.0 Å². The highest BCUT2D eigenvalue weighted by Crippen LogP contribution is 2.37. The summed E-state index contributed by atoms with van der Waals surface area (Å²) in [6.45, 7) is 9.31. The van der Waals surface area contributed by atoms with E-state index >= 15 is 0 Å². The number of carbonyl (C=O) groups excluding carboxylic acids is 1. The van der Waals surface area contributed by atoms with Gasteiger partial charge < -0.3 is 4.90 Å². The van der Waals surface area contributed by atoms with Gasteiger partial charge in [-0.25, -0.2) is 0 Å². The first-order chi connectivity index (χ1) is 10.8. The minimum absolute atomic E-state index is 0.0328. The van der Waals surface area contributed by atoms with Crippen LogP contribution < -0.4 is 0 Å². The summed E-state index contributed by atoms with van der Waals surface area (Å²) in [5.41, 5.74) is -0.0328. The molecule has 0 bridgehead atoms. The number of carbonyl (C=O) groups is 1. The SMILES string of the molecule is CC(=N)N(C)C(=O)CC(C)(C)C1CCCN(Cc2cccs2)C1. The summed E-state index contributed by atoms with van der Waals surface area (Å²) in [5.74, 6) is 0.895. The van der Waals surface area contributed by atoms with Crippen molar-refractivity contribution in [1.82, 2.24) is 9.80 Å². The normalized spacial score (nSPS) is 19.6. The number of thiophene rings is 1. The van der Waals surface area contributed by atoms with E-state index in [4.69, 9.17) is 5.41 Å². The summed E-state index contributed by atoms with van der Waals surface area (Å²) in [7, 11) is 1.70. The molecule has 1 fully saturated rings. The van der Waals surface area contributed by atoms with Crippen LogP contribution in [0.15, 0.2) is 17.5 Å². The van der Waals surface area contributed by atoms with Crippen LogP contribution in [0, 0.1) is 16.7 Å². The average Bonchev–Trinajstić information content (AvgIpc) is 2.99. The molecule has 1 aromatic rings. The van der Waals surface area contributed by atoms with Gasteiger partial charge in [0.1, 0.15) is 0 Å². The Hall–Kier alpha value is -1.20. The number of nitrogens with one attached hydrogen (secondary N) is 1. The molecule has 0 saturated carbocycles. The maximum absolute atomic E-state index is 12.4. The molecule has 1 atom stereocenters. The van der Waals surface area contributed by atoms with Crippen molar-refractivity contribution >= 4 is 23.1 Å². The van der Waals surface area contributed by atoms with E-state index in [1.807, 2.05) is 11.3 Å². The van der Waals surface area contributed by atoms with Gasteiger partial charge in [-0.3, -0.25) is 15.1 Å². The van der Waals surface area contributed by atoms with Gasteiger partial charge in [-0.15, -0.1) is 11.3 Å². The summed E-state index contributed by atoms with van der Waals surface area (Å²) in [6, 6.07) is 4.31. The van der Waals surface area contributed by atoms with Gasteiger partial charge in [-0.1, -0.05) is 19.9 Å². The van der Waals surface area contributed by atoms with Crippen molar-refractivity contribution in [2.75, 3.05) is 20.1 Å². The molecule has 1 aromatic heterocycles. The van der Waals surface area contributed by atoms with Crippen LogP contribution in [0.25, 0.3) is 0 Å². The third kappa shape index (κ3) is 4.88. The van der Waals surface area contributed by atoms with E-state index in [0.29, 0.717) is 18.2 Å². The molecule has 5 heteroatoms. The van der Waals surface area contributed by atoms with E-state index in [2.05, 4.69) is 36.3 Å². The fourth-order valence-corrected chi connectivity index (χ4v) is 4.05. The van der Waals surface area contributed by atoms with Gasteiger partial charge in [0.2, 0.25) is 5.91 Å². The second kappa shape index (κ2) is 7.58. The van der Waals surface area contributed by atoms with Gasteiger partial charge in [-0.2, -0.15) is 0 Å². The Labute approximate surface area is 144 Å². The largest absolute Gasteiger partial charge is 0.304 e. The number of hydrogen-bond acceptors (Lipinski definition) is 4. The second-order valence-electron chi connectivity index (χ2n) is 7.36. The third-order valence-electron chi connectivity index (χ3n) is 5.05. The predicted molar refractivity (Wildman–Crippen MR) is 96.9 cm³/mol. The van der Waals surface area contributed by atoms with Gasteiger partial charge in [0.05, 0.1) is 5.84 Å². The molecule has 0 radical (unpaired) electrons. The Kier molecular flexibility index (Phi) is 5.98. The van der Waals surface area contributed by atoms with Crippen LogP contribution in [-0.4, -0.2) is 41.7 Å². The molecular weight excluding hydrogens is 306 g/mol. The standard InChI is InChI=1S/C18H29N3OS/c1-14(19)20(4)17(22)11-18(2,3)15-7-5-9-21(12-15)13-16-8-6-10-23-16/h6,8,10,15,19H,5,7,9,11-13H2,1-4H3. The van der Waals surface area contributed by atoms with Crippen LogP contribution in [0.4, 0.5) is 0 Å². The molecule has 1 aliphatic rings. The molecule has 1 saturated heterocycles.